The van der Waals surface area contributed by atoms with Gasteiger partial charge in [0.15, 0.2) is 0 Å². The molecule has 1 aliphatic rings. The standard InChI is InChI=1S/C13H29N3O2S/c1-3-5-13(2)12-19(17,18)15-6-4-9-16-10-7-14-8-11-16/h13-15H,3-12H2,1-2H3. The van der Waals surface area contributed by atoms with Crippen molar-refractivity contribution in [2.45, 2.75) is 33.1 Å². The minimum atomic E-state index is -3.09. The van der Waals surface area contributed by atoms with Crippen molar-refractivity contribution in [3.05, 3.63) is 0 Å². The summed E-state index contributed by atoms with van der Waals surface area (Å²) in [6.07, 6.45) is 2.91. The van der Waals surface area contributed by atoms with E-state index < -0.39 is 10.0 Å². The van der Waals surface area contributed by atoms with Crippen molar-refractivity contribution < 1.29 is 8.42 Å². The Labute approximate surface area is 118 Å². The van der Waals surface area contributed by atoms with E-state index in [2.05, 4.69) is 21.9 Å². The molecule has 19 heavy (non-hydrogen) atoms. The third kappa shape index (κ3) is 7.87. The van der Waals surface area contributed by atoms with E-state index in [1.165, 1.54) is 0 Å². The van der Waals surface area contributed by atoms with Crippen molar-refractivity contribution in [3.63, 3.8) is 0 Å². The van der Waals surface area contributed by atoms with Gasteiger partial charge in [0, 0.05) is 32.7 Å². The van der Waals surface area contributed by atoms with Crippen molar-refractivity contribution in [1.82, 2.24) is 14.9 Å². The van der Waals surface area contributed by atoms with Gasteiger partial charge in [-0.3, -0.25) is 0 Å². The van der Waals surface area contributed by atoms with Crippen LogP contribution in [-0.2, 0) is 10.0 Å². The fraction of sp³-hybridized carbons (Fsp3) is 1.00. The molecule has 1 saturated heterocycles. The van der Waals surface area contributed by atoms with E-state index in [-0.39, 0.29) is 11.7 Å². The summed E-state index contributed by atoms with van der Waals surface area (Å²) in [5.41, 5.74) is 0. The van der Waals surface area contributed by atoms with Crippen molar-refractivity contribution in [2.24, 2.45) is 5.92 Å². The van der Waals surface area contributed by atoms with Gasteiger partial charge in [0.1, 0.15) is 0 Å². The zero-order chi connectivity index (χ0) is 14.1. The molecule has 1 unspecified atom stereocenters. The molecule has 2 N–H and O–H groups in total. The Morgan fingerprint density at radius 2 is 2.00 bits per heavy atom. The van der Waals surface area contributed by atoms with Gasteiger partial charge in [-0.05, 0) is 25.3 Å². The van der Waals surface area contributed by atoms with E-state index >= 15 is 0 Å². The van der Waals surface area contributed by atoms with Gasteiger partial charge in [-0.1, -0.05) is 20.3 Å². The average Bonchev–Trinajstić information content (AvgIpc) is 2.35. The van der Waals surface area contributed by atoms with Crippen LogP contribution in [-0.4, -0.2) is 58.3 Å². The van der Waals surface area contributed by atoms with E-state index in [0.29, 0.717) is 6.54 Å². The largest absolute Gasteiger partial charge is 0.314 e. The predicted octanol–water partition coefficient (Wildman–Crippen LogP) is 0.637. The molecule has 0 spiro atoms. The van der Waals surface area contributed by atoms with Crippen molar-refractivity contribution >= 4 is 10.0 Å². The topological polar surface area (TPSA) is 61.4 Å². The summed E-state index contributed by atoms with van der Waals surface area (Å²) in [4.78, 5) is 2.38. The summed E-state index contributed by atoms with van der Waals surface area (Å²) in [5.74, 6) is 0.504. The Bertz CT molecular complexity index is 327. The number of nitrogens with zero attached hydrogens (tertiary/aromatic N) is 1. The smallest absolute Gasteiger partial charge is 0.211 e. The summed E-state index contributed by atoms with van der Waals surface area (Å²) >= 11 is 0. The van der Waals surface area contributed by atoms with Gasteiger partial charge in [0.25, 0.3) is 0 Å². The molecule has 0 bridgehead atoms. The van der Waals surface area contributed by atoms with Crippen LogP contribution in [0.15, 0.2) is 0 Å². The lowest BCUT2D eigenvalue weighted by Gasteiger charge is -2.27. The van der Waals surface area contributed by atoms with Crippen LogP contribution in [0.1, 0.15) is 33.1 Å². The number of piperazine rings is 1. The van der Waals surface area contributed by atoms with E-state index in [1.54, 1.807) is 0 Å². The zero-order valence-electron chi connectivity index (χ0n) is 12.3. The Morgan fingerprint density at radius 1 is 1.32 bits per heavy atom. The van der Waals surface area contributed by atoms with Crippen LogP contribution in [0.4, 0.5) is 0 Å². The molecule has 1 heterocycles. The van der Waals surface area contributed by atoms with Crippen LogP contribution < -0.4 is 10.0 Å². The van der Waals surface area contributed by atoms with Gasteiger partial charge in [0.2, 0.25) is 10.0 Å². The second kappa shape index (κ2) is 8.89. The lowest BCUT2D eigenvalue weighted by Crippen LogP contribution is -2.44. The molecular formula is C13H29N3O2S. The maximum Gasteiger partial charge on any atom is 0.211 e. The number of hydrogen-bond donors (Lipinski definition) is 2. The first-order valence-electron chi connectivity index (χ1n) is 7.44. The summed E-state index contributed by atoms with van der Waals surface area (Å²) in [5, 5.41) is 3.31. The Hall–Kier alpha value is -0.170. The van der Waals surface area contributed by atoms with E-state index in [0.717, 1.165) is 52.0 Å². The second-order valence-corrected chi connectivity index (χ2v) is 7.37. The van der Waals surface area contributed by atoms with Crippen LogP contribution in [0.3, 0.4) is 0 Å². The molecule has 114 valence electrons. The first-order valence-corrected chi connectivity index (χ1v) is 9.09. The highest BCUT2D eigenvalue weighted by atomic mass is 32.2. The second-order valence-electron chi connectivity index (χ2n) is 5.51. The lowest BCUT2D eigenvalue weighted by atomic mass is 10.1. The van der Waals surface area contributed by atoms with Gasteiger partial charge in [-0.15, -0.1) is 0 Å². The molecule has 1 rings (SSSR count). The number of hydrogen-bond acceptors (Lipinski definition) is 4. The van der Waals surface area contributed by atoms with Crippen LogP contribution >= 0.6 is 0 Å². The lowest BCUT2D eigenvalue weighted by molar-refractivity contribution is 0.239. The molecule has 0 aromatic rings. The highest BCUT2D eigenvalue weighted by Gasteiger charge is 2.15. The Morgan fingerprint density at radius 3 is 2.63 bits per heavy atom. The number of nitrogens with one attached hydrogen (secondary N) is 2. The van der Waals surface area contributed by atoms with Crippen LogP contribution in [0.2, 0.25) is 0 Å². The maximum atomic E-state index is 11.8. The van der Waals surface area contributed by atoms with Gasteiger partial charge in [0.05, 0.1) is 5.75 Å². The number of rotatable bonds is 9. The molecule has 0 aromatic heterocycles. The minimum Gasteiger partial charge on any atom is -0.314 e. The summed E-state index contributed by atoms with van der Waals surface area (Å²) in [7, 11) is -3.09. The quantitative estimate of drug-likeness (QED) is 0.612. The molecule has 0 amide bonds. The van der Waals surface area contributed by atoms with Gasteiger partial charge < -0.3 is 10.2 Å². The molecule has 0 radical (unpaired) electrons. The van der Waals surface area contributed by atoms with Crippen LogP contribution in [0, 0.1) is 5.92 Å². The fourth-order valence-corrected chi connectivity index (χ4v) is 3.96. The molecule has 0 saturated carbocycles. The Balaban J connectivity index is 2.13. The highest BCUT2D eigenvalue weighted by molar-refractivity contribution is 7.89. The zero-order valence-corrected chi connectivity index (χ0v) is 13.1. The van der Waals surface area contributed by atoms with Crippen LogP contribution in [0.25, 0.3) is 0 Å². The first-order chi connectivity index (χ1) is 9.03. The third-order valence-corrected chi connectivity index (χ3v) is 5.12. The van der Waals surface area contributed by atoms with Gasteiger partial charge >= 0.3 is 0 Å². The normalized spacial score (nSPS) is 19.5. The van der Waals surface area contributed by atoms with Crippen molar-refractivity contribution in [3.8, 4) is 0 Å². The molecule has 1 fully saturated rings. The van der Waals surface area contributed by atoms with Crippen molar-refractivity contribution in [1.29, 1.82) is 0 Å². The fourth-order valence-electron chi connectivity index (χ4n) is 2.47. The average molecular weight is 291 g/mol. The summed E-state index contributed by atoms with van der Waals surface area (Å²) in [6, 6.07) is 0. The molecule has 6 heteroatoms. The minimum absolute atomic E-state index is 0.246. The van der Waals surface area contributed by atoms with Gasteiger partial charge in [-0.2, -0.15) is 0 Å². The van der Waals surface area contributed by atoms with E-state index in [4.69, 9.17) is 0 Å². The Kier molecular flexibility index (Phi) is 7.90. The van der Waals surface area contributed by atoms with E-state index in [9.17, 15) is 8.42 Å². The van der Waals surface area contributed by atoms with Crippen molar-refractivity contribution in [2.75, 3.05) is 45.0 Å². The monoisotopic (exact) mass is 291 g/mol. The number of sulfonamides is 1. The molecule has 0 aromatic carbocycles. The SMILES string of the molecule is CCCC(C)CS(=O)(=O)NCCCN1CCNCC1. The molecular weight excluding hydrogens is 262 g/mol. The van der Waals surface area contributed by atoms with Crippen LogP contribution in [0.5, 0.6) is 0 Å². The summed E-state index contributed by atoms with van der Waals surface area (Å²) in [6.45, 7) is 9.86. The molecule has 0 aliphatic carbocycles. The predicted molar refractivity (Wildman–Crippen MR) is 79.8 cm³/mol. The first kappa shape index (κ1) is 16.9. The third-order valence-electron chi connectivity index (χ3n) is 3.47. The molecule has 1 aliphatic heterocycles. The van der Waals surface area contributed by atoms with E-state index in [1.807, 2.05) is 6.92 Å². The van der Waals surface area contributed by atoms with Gasteiger partial charge in [-0.25, -0.2) is 13.1 Å². The molecule has 1 atom stereocenters. The molecule has 5 nitrogen and oxygen atoms in total. The maximum absolute atomic E-state index is 11.8. The summed E-state index contributed by atoms with van der Waals surface area (Å²) < 4.78 is 26.4. The highest BCUT2D eigenvalue weighted by Crippen LogP contribution is 2.07.